The van der Waals surface area contributed by atoms with E-state index in [0.717, 1.165) is 20.8 Å². The third-order valence-electron chi connectivity index (χ3n) is 3.39. The van der Waals surface area contributed by atoms with Gasteiger partial charge in [0.15, 0.2) is 0 Å². The molecular weight excluding hydrogens is 288 g/mol. The van der Waals surface area contributed by atoms with Gasteiger partial charge in [-0.25, -0.2) is 0 Å². The lowest BCUT2D eigenvalue weighted by molar-refractivity contribution is 0.619. The van der Waals surface area contributed by atoms with Crippen LogP contribution in [0.4, 0.5) is 0 Å². The molecule has 4 aromatic rings. The Morgan fingerprint density at radius 1 is 0.833 bits per heavy atom. The number of hydrogen-bond acceptors (Lipinski definition) is 1. The minimum absolute atomic E-state index is 0.957. The Kier molecular flexibility index (Phi) is 2.03. The molecule has 1 aromatic heterocycles. The molecule has 0 amide bonds. The van der Waals surface area contributed by atoms with Crippen LogP contribution in [0.15, 0.2) is 63.7 Å². The third-order valence-corrected chi connectivity index (χ3v) is 4.02. The first-order valence-corrected chi connectivity index (χ1v) is 6.61. The summed E-state index contributed by atoms with van der Waals surface area (Å²) >= 11 is 3.68. The van der Waals surface area contributed by atoms with Gasteiger partial charge in [0.2, 0.25) is 0 Å². The summed E-state index contributed by atoms with van der Waals surface area (Å²) in [6.07, 6.45) is 1.74. The van der Waals surface area contributed by atoms with E-state index >= 15 is 0 Å². The number of fused-ring (bicyclic) bond motifs is 5. The standard InChI is InChI=1S/C16H9BrO/c17-14-9-11-7-8-18-16(11)13-6-5-10-3-1-2-4-12(10)15(13)14/h1-9H. The Bertz CT molecular complexity index is 889. The predicted octanol–water partition coefficient (Wildman–Crippen LogP) is 5.50. The highest BCUT2D eigenvalue weighted by molar-refractivity contribution is 9.10. The molecule has 0 N–H and O–H groups in total. The first-order valence-electron chi connectivity index (χ1n) is 5.82. The molecule has 3 aromatic carbocycles. The molecular formula is C16H9BrO. The Morgan fingerprint density at radius 3 is 2.67 bits per heavy atom. The van der Waals surface area contributed by atoms with Crippen molar-refractivity contribution in [3.8, 4) is 0 Å². The fraction of sp³-hybridized carbons (Fsp3) is 0. The van der Waals surface area contributed by atoms with Gasteiger partial charge in [0, 0.05) is 20.6 Å². The quantitative estimate of drug-likeness (QED) is 0.390. The molecule has 0 fully saturated rings. The van der Waals surface area contributed by atoms with Crippen molar-refractivity contribution in [2.75, 3.05) is 0 Å². The number of hydrogen-bond donors (Lipinski definition) is 0. The summed E-state index contributed by atoms with van der Waals surface area (Å²) in [6, 6.07) is 16.8. The Labute approximate surface area is 112 Å². The van der Waals surface area contributed by atoms with E-state index in [0.29, 0.717) is 0 Å². The highest BCUT2D eigenvalue weighted by atomic mass is 79.9. The maximum absolute atomic E-state index is 5.61. The van der Waals surface area contributed by atoms with E-state index in [-0.39, 0.29) is 0 Å². The van der Waals surface area contributed by atoms with Crippen molar-refractivity contribution < 1.29 is 4.42 Å². The van der Waals surface area contributed by atoms with Crippen LogP contribution in [-0.4, -0.2) is 0 Å². The van der Waals surface area contributed by atoms with E-state index in [1.165, 1.54) is 16.2 Å². The van der Waals surface area contributed by atoms with E-state index in [2.05, 4.69) is 58.4 Å². The molecule has 1 heterocycles. The van der Waals surface area contributed by atoms with E-state index < -0.39 is 0 Å². The molecule has 0 unspecified atom stereocenters. The average molecular weight is 297 g/mol. The zero-order chi connectivity index (χ0) is 12.1. The van der Waals surface area contributed by atoms with Crippen molar-refractivity contribution in [2.24, 2.45) is 0 Å². The van der Waals surface area contributed by atoms with Gasteiger partial charge in [-0.3, -0.25) is 0 Å². The van der Waals surface area contributed by atoms with Crippen LogP contribution in [0.5, 0.6) is 0 Å². The second kappa shape index (κ2) is 3.59. The Morgan fingerprint density at radius 2 is 1.72 bits per heavy atom. The van der Waals surface area contributed by atoms with Crippen molar-refractivity contribution in [3.05, 3.63) is 59.3 Å². The van der Waals surface area contributed by atoms with Crippen LogP contribution >= 0.6 is 15.9 Å². The molecule has 0 aliphatic heterocycles. The fourth-order valence-electron chi connectivity index (χ4n) is 2.58. The van der Waals surface area contributed by atoms with Gasteiger partial charge in [-0.05, 0) is 29.0 Å². The molecule has 0 saturated carbocycles. The molecule has 86 valence electrons. The third kappa shape index (κ3) is 1.27. The van der Waals surface area contributed by atoms with Crippen LogP contribution in [0, 0.1) is 0 Å². The Hall–Kier alpha value is -1.80. The molecule has 0 aliphatic carbocycles. The van der Waals surface area contributed by atoms with Crippen molar-refractivity contribution in [1.82, 2.24) is 0 Å². The molecule has 0 radical (unpaired) electrons. The van der Waals surface area contributed by atoms with Gasteiger partial charge in [0.25, 0.3) is 0 Å². The summed E-state index contributed by atoms with van der Waals surface area (Å²) in [6.45, 7) is 0. The lowest BCUT2D eigenvalue weighted by atomic mass is 10.0. The first kappa shape index (κ1) is 10.2. The minimum Gasteiger partial charge on any atom is -0.464 e. The van der Waals surface area contributed by atoms with Crippen molar-refractivity contribution in [2.45, 2.75) is 0 Å². The van der Waals surface area contributed by atoms with E-state index in [9.17, 15) is 0 Å². The van der Waals surface area contributed by atoms with Crippen molar-refractivity contribution >= 4 is 48.4 Å². The van der Waals surface area contributed by atoms with Crippen LogP contribution < -0.4 is 0 Å². The monoisotopic (exact) mass is 296 g/mol. The van der Waals surface area contributed by atoms with Crippen LogP contribution in [-0.2, 0) is 0 Å². The highest BCUT2D eigenvalue weighted by Gasteiger charge is 2.10. The first-order chi connectivity index (χ1) is 8.84. The molecule has 4 rings (SSSR count). The molecule has 0 spiro atoms. The Balaban J connectivity index is 2.38. The highest BCUT2D eigenvalue weighted by Crippen LogP contribution is 2.36. The number of rotatable bonds is 0. The van der Waals surface area contributed by atoms with Gasteiger partial charge in [-0.1, -0.05) is 46.3 Å². The molecule has 0 atom stereocenters. The molecule has 1 nitrogen and oxygen atoms in total. The summed E-state index contributed by atoms with van der Waals surface area (Å²) in [5.41, 5.74) is 0.957. The summed E-state index contributed by atoms with van der Waals surface area (Å²) in [7, 11) is 0. The SMILES string of the molecule is Brc1cc2ccoc2c2ccc3ccccc3c12. The number of furan rings is 1. The maximum atomic E-state index is 5.61. The summed E-state index contributed by atoms with van der Waals surface area (Å²) in [4.78, 5) is 0. The zero-order valence-electron chi connectivity index (χ0n) is 9.48. The zero-order valence-corrected chi connectivity index (χ0v) is 11.1. The van der Waals surface area contributed by atoms with Gasteiger partial charge in [0.1, 0.15) is 5.58 Å². The fourth-order valence-corrected chi connectivity index (χ4v) is 3.25. The molecule has 2 heteroatoms. The lowest BCUT2D eigenvalue weighted by Crippen LogP contribution is -1.80. The normalized spacial score (nSPS) is 11.6. The van der Waals surface area contributed by atoms with Gasteiger partial charge < -0.3 is 4.42 Å². The smallest absolute Gasteiger partial charge is 0.141 e. The van der Waals surface area contributed by atoms with E-state index in [4.69, 9.17) is 4.42 Å². The number of halogens is 1. The van der Waals surface area contributed by atoms with Gasteiger partial charge in [0.05, 0.1) is 6.26 Å². The van der Waals surface area contributed by atoms with Crippen molar-refractivity contribution in [3.63, 3.8) is 0 Å². The largest absolute Gasteiger partial charge is 0.464 e. The second-order valence-electron chi connectivity index (χ2n) is 4.41. The van der Waals surface area contributed by atoms with Crippen LogP contribution in [0.3, 0.4) is 0 Å². The van der Waals surface area contributed by atoms with Crippen LogP contribution in [0.25, 0.3) is 32.5 Å². The van der Waals surface area contributed by atoms with Gasteiger partial charge in [-0.2, -0.15) is 0 Å². The van der Waals surface area contributed by atoms with Crippen molar-refractivity contribution in [1.29, 1.82) is 0 Å². The molecule has 0 bridgehead atoms. The van der Waals surface area contributed by atoms with Crippen LogP contribution in [0.1, 0.15) is 0 Å². The summed E-state index contributed by atoms with van der Waals surface area (Å²) in [5, 5.41) is 6.00. The second-order valence-corrected chi connectivity index (χ2v) is 5.26. The maximum Gasteiger partial charge on any atom is 0.141 e. The lowest BCUT2D eigenvalue weighted by Gasteiger charge is -2.06. The molecule has 18 heavy (non-hydrogen) atoms. The van der Waals surface area contributed by atoms with Crippen LogP contribution in [0.2, 0.25) is 0 Å². The average Bonchev–Trinajstić information content (AvgIpc) is 2.86. The van der Waals surface area contributed by atoms with Gasteiger partial charge >= 0.3 is 0 Å². The predicted molar refractivity (Wildman–Crippen MR) is 78.9 cm³/mol. The summed E-state index contributed by atoms with van der Waals surface area (Å²) < 4.78 is 6.73. The topological polar surface area (TPSA) is 13.1 Å². The van der Waals surface area contributed by atoms with E-state index in [1.54, 1.807) is 6.26 Å². The minimum atomic E-state index is 0.957. The number of benzene rings is 3. The molecule has 0 saturated heterocycles. The van der Waals surface area contributed by atoms with E-state index in [1.807, 2.05) is 6.07 Å². The summed E-state index contributed by atoms with van der Waals surface area (Å²) in [5.74, 6) is 0. The van der Waals surface area contributed by atoms with Gasteiger partial charge in [-0.15, -0.1) is 0 Å². The molecule has 0 aliphatic rings.